The molecule has 20 heavy (non-hydrogen) atoms. The van der Waals surface area contributed by atoms with Crippen LogP contribution in [0.3, 0.4) is 0 Å². The number of hydrogen-bond acceptors (Lipinski definition) is 3. The van der Waals surface area contributed by atoms with Crippen LogP contribution in [0.15, 0.2) is 0 Å². The standard InChI is InChI=1S/C17H30O3/c1-17(2,13-6-8-15(20-3)9-7-13)14-5-4-12(11-18)16(19)10-14/h11-16,19H,4-10H2,1-3H3. The Hall–Kier alpha value is -0.410. The molecule has 3 heteroatoms. The second-order valence-corrected chi connectivity index (χ2v) is 7.41. The van der Waals surface area contributed by atoms with Gasteiger partial charge in [-0.15, -0.1) is 0 Å². The maximum absolute atomic E-state index is 10.9. The third kappa shape index (κ3) is 3.25. The largest absolute Gasteiger partial charge is 0.392 e. The zero-order chi connectivity index (χ0) is 14.8. The van der Waals surface area contributed by atoms with Gasteiger partial charge < -0.3 is 14.6 Å². The Morgan fingerprint density at radius 1 is 1.05 bits per heavy atom. The molecule has 0 radical (unpaired) electrons. The van der Waals surface area contributed by atoms with E-state index >= 15 is 0 Å². The fourth-order valence-electron chi connectivity index (χ4n) is 4.38. The zero-order valence-electron chi connectivity index (χ0n) is 13.2. The van der Waals surface area contributed by atoms with E-state index in [1.807, 2.05) is 7.11 Å². The van der Waals surface area contributed by atoms with Crippen molar-refractivity contribution in [2.45, 2.75) is 71.0 Å². The van der Waals surface area contributed by atoms with Crippen molar-refractivity contribution in [3.63, 3.8) is 0 Å². The molecule has 3 unspecified atom stereocenters. The van der Waals surface area contributed by atoms with Gasteiger partial charge in [0.05, 0.1) is 12.2 Å². The molecule has 3 nitrogen and oxygen atoms in total. The summed E-state index contributed by atoms with van der Waals surface area (Å²) in [5, 5.41) is 10.1. The monoisotopic (exact) mass is 282 g/mol. The number of methoxy groups -OCH3 is 1. The normalized spacial score (nSPS) is 39.5. The van der Waals surface area contributed by atoms with Gasteiger partial charge in [-0.2, -0.15) is 0 Å². The van der Waals surface area contributed by atoms with Crippen LogP contribution in [-0.4, -0.2) is 30.7 Å². The Kier molecular flexibility index (Phi) is 5.25. The van der Waals surface area contributed by atoms with Crippen LogP contribution in [0.2, 0.25) is 0 Å². The molecule has 0 aromatic rings. The lowest BCUT2D eigenvalue weighted by Crippen LogP contribution is -2.42. The summed E-state index contributed by atoms with van der Waals surface area (Å²) >= 11 is 0. The molecule has 2 aliphatic rings. The second kappa shape index (κ2) is 6.57. The molecule has 0 bridgehead atoms. The maximum Gasteiger partial charge on any atom is 0.125 e. The highest BCUT2D eigenvalue weighted by atomic mass is 16.5. The van der Waals surface area contributed by atoms with E-state index in [0.717, 1.165) is 44.3 Å². The highest BCUT2D eigenvalue weighted by Gasteiger charge is 2.42. The Morgan fingerprint density at radius 2 is 1.65 bits per heavy atom. The first-order valence-corrected chi connectivity index (χ1v) is 8.15. The number of ether oxygens (including phenoxy) is 1. The van der Waals surface area contributed by atoms with E-state index in [4.69, 9.17) is 4.74 Å². The quantitative estimate of drug-likeness (QED) is 0.805. The summed E-state index contributed by atoms with van der Waals surface area (Å²) in [4.78, 5) is 10.9. The maximum atomic E-state index is 10.9. The predicted octanol–water partition coefficient (Wildman–Crippen LogP) is 3.19. The van der Waals surface area contributed by atoms with Crippen molar-refractivity contribution < 1.29 is 14.6 Å². The summed E-state index contributed by atoms with van der Waals surface area (Å²) in [6.07, 6.45) is 8.47. The summed E-state index contributed by atoms with van der Waals surface area (Å²) in [5.74, 6) is 1.13. The Bertz CT molecular complexity index is 318. The van der Waals surface area contributed by atoms with Crippen LogP contribution in [0.1, 0.15) is 58.8 Å². The summed E-state index contributed by atoms with van der Waals surface area (Å²) in [6.45, 7) is 4.73. The molecule has 3 atom stereocenters. The van der Waals surface area contributed by atoms with Crippen LogP contribution < -0.4 is 0 Å². The minimum Gasteiger partial charge on any atom is -0.392 e. The van der Waals surface area contributed by atoms with Crippen LogP contribution in [0.4, 0.5) is 0 Å². The number of aliphatic hydroxyl groups is 1. The molecular formula is C17H30O3. The van der Waals surface area contributed by atoms with E-state index in [-0.39, 0.29) is 11.3 Å². The first kappa shape index (κ1) is 16.0. The molecule has 0 heterocycles. The van der Waals surface area contributed by atoms with E-state index in [2.05, 4.69) is 13.8 Å². The molecule has 0 amide bonds. The molecule has 2 rings (SSSR count). The molecule has 2 saturated carbocycles. The Balaban J connectivity index is 1.95. The number of carbonyl (C=O) groups excluding carboxylic acids is 1. The zero-order valence-corrected chi connectivity index (χ0v) is 13.2. The highest BCUT2D eigenvalue weighted by Crippen LogP contribution is 2.49. The van der Waals surface area contributed by atoms with Crippen molar-refractivity contribution in [3.05, 3.63) is 0 Å². The lowest BCUT2D eigenvalue weighted by molar-refractivity contribution is -0.118. The second-order valence-electron chi connectivity index (χ2n) is 7.41. The van der Waals surface area contributed by atoms with Gasteiger partial charge in [0.2, 0.25) is 0 Å². The molecule has 2 fully saturated rings. The van der Waals surface area contributed by atoms with E-state index < -0.39 is 6.10 Å². The molecule has 2 aliphatic carbocycles. The molecule has 0 aromatic heterocycles. The topological polar surface area (TPSA) is 46.5 Å². The molecule has 0 aromatic carbocycles. The summed E-state index contributed by atoms with van der Waals surface area (Å²) in [5.41, 5.74) is 0.257. The van der Waals surface area contributed by atoms with Gasteiger partial charge in [0.1, 0.15) is 6.29 Å². The fraction of sp³-hybridized carbons (Fsp3) is 0.941. The first-order valence-electron chi connectivity index (χ1n) is 8.15. The van der Waals surface area contributed by atoms with Crippen LogP contribution >= 0.6 is 0 Å². The first-order chi connectivity index (χ1) is 9.48. The van der Waals surface area contributed by atoms with Crippen molar-refractivity contribution in [1.29, 1.82) is 0 Å². The van der Waals surface area contributed by atoms with E-state index in [1.54, 1.807) is 0 Å². The van der Waals surface area contributed by atoms with Crippen molar-refractivity contribution in [2.75, 3.05) is 7.11 Å². The van der Waals surface area contributed by atoms with Gasteiger partial charge in [-0.3, -0.25) is 0 Å². The smallest absolute Gasteiger partial charge is 0.125 e. The van der Waals surface area contributed by atoms with Gasteiger partial charge in [-0.05, 0) is 62.2 Å². The average molecular weight is 282 g/mol. The number of rotatable bonds is 4. The van der Waals surface area contributed by atoms with E-state index in [1.165, 1.54) is 12.8 Å². The summed E-state index contributed by atoms with van der Waals surface area (Å²) in [6, 6.07) is 0. The number of aliphatic hydroxyl groups excluding tert-OH is 1. The van der Waals surface area contributed by atoms with Crippen LogP contribution in [0.5, 0.6) is 0 Å². The lowest BCUT2D eigenvalue weighted by atomic mass is 9.59. The van der Waals surface area contributed by atoms with Crippen molar-refractivity contribution in [2.24, 2.45) is 23.2 Å². The third-order valence-corrected chi connectivity index (χ3v) is 6.16. The average Bonchev–Trinajstić information content (AvgIpc) is 2.47. The Labute approximate surface area is 123 Å². The number of carbonyl (C=O) groups is 1. The van der Waals surface area contributed by atoms with Crippen LogP contribution in [0.25, 0.3) is 0 Å². The minimum atomic E-state index is -0.430. The molecule has 0 spiro atoms. The molecule has 0 aliphatic heterocycles. The van der Waals surface area contributed by atoms with Gasteiger partial charge in [-0.1, -0.05) is 13.8 Å². The lowest BCUT2D eigenvalue weighted by Gasteiger charge is -2.47. The van der Waals surface area contributed by atoms with Gasteiger partial charge in [-0.25, -0.2) is 0 Å². The van der Waals surface area contributed by atoms with Crippen LogP contribution in [0, 0.1) is 23.2 Å². The van der Waals surface area contributed by atoms with Crippen LogP contribution in [-0.2, 0) is 9.53 Å². The van der Waals surface area contributed by atoms with Gasteiger partial charge >= 0.3 is 0 Å². The van der Waals surface area contributed by atoms with E-state index in [0.29, 0.717) is 12.0 Å². The predicted molar refractivity (Wildman–Crippen MR) is 79.4 cm³/mol. The highest BCUT2D eigenvalue weighted by molar-refractivity contribution is 5.54. The SMILES string of the molecule is COC1CCC(C(C)(C)C2CCC(C=O)C(O)C2)CC1. The molecular weight excluding hydrogens is 252 g/mol. The van der Waals surface area contributed by atoms with Gasteiger partial charge in [0.15, 0.2) is 0 Å². The van der Waals surface area contributed by atoms with Crippen molar-refractivity contribution >= 4 is 6.29 Å². The molecule has 116 valence electrons. The number of hydrogen-bond donors (Lipinski definition) is 1. The molecule has 0 saturated heterocycles. The van der Waals surface area contributed by atoms with Gasteiger partial charge in [0.25, 0.3) is 0 Å². The third-order valence-electron chi connectivity index (χ3n) is 6.16. The van der Waals surface area contributed by atoms with Crippen molar-refractivity contribution in [3.8, 4) is 0 Å². The van der Waals surface area contributed by atoms with Crippen molar-refractivity contribution in [1.82, 2.24) is 0 Å². The minimum absolute atomic E-state index is 0.133. The van der Waals surface area contributed by atoms with Gasteiger partial charge in [0, 0.05) is 13.0 Å². The summed E-state index contributed by atoms with van der Waals surface area (Å²) < 4.78 is 5.46. The fourth-order valence-corrected chi connectivity index (χ4v) is 4.38. The van der Waals surface area contributed by atoms with E-state index in [9.17, 15) is 9.90 Å². The molecule has 1 N–H and O–H groups in total. The summed E-state index contributed by atoms with van der Waals surface area (Å²) in [7, 11) is 1.81. The Morgan fingerprint density at radius 3 is 2.15 bits per heavy atom. The number of aldehydes is 1.